The van der Waals surface area contributed by atoms with Gasteiger partial charge in [-0.05, 0) is 17.7 Å². The number of halogens is 2. The molecule has 6 N–H and O–H groups in total. The normalized spacial score (nSPS) is 15.9. The molecule has 1 aromatic carbocycles. The summed E-state index contributed by atoms with van der Waals surface area (Å²) in [5.74, 6) is -4.21. The first-order valence-corrected chi connectivity index (χ1v) is 10.7. The maximum absolute atomic E-state index is 11.9. The van der Waals surface area contributed by atoms with Crippen molar-refractivity contribution in [3.05, 3.63) is 33.8 Å². The summed E-state index contributed by atoms with van der Waals surface area (Å²) in [6, 6.07) is 3.54. The van der Waals surface area contributed by atoms with E-state index in [4.69, 9.17) is 38.1 Å². The van der Waals surface area contributed by atoms with Crippen LogP contribution in [0, 0.1) is 0 Å². The Hall–Kier alpha value is -0.960. The fourth-order valence-electron chi connectivity index (χ4n) is 2.24. The van der Waals surface area contributed by atoms with Crippen LogP contribution in [0.25, 0.3) is 0 Å². The summed E-state index contributed by atoms with van der Waals surface area (Å²) >= 11 is 11.5. The van der Waals surface area contributed by atoms with Gasteiger partial charge in [0.15, 0.2) is 10.8 Å². The van der Waals surface area contributed by atoms with Gasteiger partial charge >= 0.3 is 27.1 Å². The Morgan fingerprint density at radius 1 is 1.04 bits per heavy atom. The minimum absolute atomic E-state index is 0.0278. The van der Waals surface area contributed by atoms with Crippen molar-refractivity contribution in [2.75, 3.05) is 0 Å². The van der Waals surface area contributed by atoms with Crippen molar-refractivity contribution in [2.24, 2.45) is 0 Å². The zero-order chi connectivity index (χ0) is 20.5. The third kappa shape index (κ3) is 5.06. The molecule has 2 unspecified atom stereocenters. The van der Waals surface area contributed by atoms with Crippen LogP contribution in [0.1, 0.15) is 12.0 Å². The zero-order valence-electron chi connectivity index (χ0n) is 12.7. The topological polar surface area (TPSA) is 190 Å². The summed E-state index contributed by atoms with van der Waals surface area (Å²) in [7, 11) is -11.0. The molecule has 2 atom stereocenters. The van der Waals surface area contributed by atoms with Crippen LogP contribution in [0.2, 0.25) is 10.0 Å². The highest BCUT2D eigenvalue weighted by molar-refractivity contribution is 7.55. The van der Waals surface area contributed by atoms with E-state index < -0.39 is 50.8 Å². The van der Waals surface area contributed by atoms with Gasteiger partial charge in [0.1, 0.15) is 0 Å². The second-order valence-corrected chi connectivity index (χ2v) is 10.0. The molecule has 0 aliphatic carbocycles. The van der Waals surface area contributed by atoms with Gasteiger partial charge in [0, 0.05) is 12.8 Å². The number of carbonyl (C=O) groups is 2. The third-order valence-electron chi connectivity index (χ3n) is 3.66. The SMILES string of the molecule is O=C(O)C(CC(Cc1ccc(Cl)c(Cl)c1)(C(=O)O)P(=O)(O)O)P(=O)(O)O. The highest BCUT2D eigenvalue weighted by atomic mass is 35.5. The molecule has 10 nitrogen and oxygen atoms in total. The second kappa shape index (κ2) is 7.96. The van der Waals surface area contributed by atoms with Crippen molar-refractivity contribution in [1.82, 2.24) is 0 Å². The highest BCUT2D eigenvalue weighted by Gasteiger charge is 2.58. The first-order valence-electron chi connectivity index (χ1n) is 6.63. The van der Waals surface area contributed by atoms with Gasteiger partial charge in [0.05, 0.1) is 10.0 Å². The molecular formula is C12H14Cl2O10P2. The number of hydrogen-bond donors (Lipinski definition) is 6. The summed E-state index contributed by atoms with van der Waals surface area (Å²) in [4.78, 5) is 60.4. The average molecular weight is 451 g/mol. The van der Waals surface area contributed by atoms with E-state index in [9.17, 15) is 33.6 Å². The van der Waals surface area contributed by atoms with Gasteiger partial charge in [0.2, 0.25) is 0 Å². The van der Waals surface area contributed by atoms with Gasteiger partial charge in [-0.15, -0.1) is 0 Å². The van der Waals surface area contributed by atoms with Crippen molar-refractivity contribution in [1.29, 1.82) is 0 Å². The van der Waals surface area contributed by atoms with E-state index in [0.29, 0.717) is 0 Å². The van der Waals surface area contributed by atoms with Crippen molar-refractivity contribution < 1.29 is 48.5 Å². The molecule has 14 heteroatoms. The summed E-state index contributed by atoms with van der Waals surface area (Å²) in [6.45, 7) is 0. The molecule has 0 radical (unpaired) electrons. The monoisotopic (exact) mass is 450 g/mol. The minimum Gasteiger partial charge on any atom is -0.481 e. The van der Waals surface area contributed by atoms with Gasteiger partial charge < -0.3 is 29.8 Å². The number of carboxylic acids is 2. The number of benzene rings is 1. The standard InChI is InChI=1S/C12H14Cl2O10P2/c13-7-2-1-6(3-8(7)14)4-12(11(17)18,26(22,23)24)5-9(10(15)16)25(19,20)21/h1-3,9H,4-5H2,(H,15,16)(H,17,18)(H2,19,20,21)(H2,22,23,24). The van der Waals surface area contributed by atoms with Crippen molar-refractivity contribution in [2.45, 2.75) is 23.7 Å². The molecule has 1 rings (SSSR count). The maximum atomic E-state index is 11.9. The van der Waals surface area contributed by atoms with E-state index in [1.54, 1.807) is 0 Å². The molecular weight excluding hydrogens is 437 g/mol. The number of aliphatic carboxylic acids is 2. The molecule has 0 saturated carbocycles. The van der Waals surface area contributed by atoms with E-state index in [2.05, 4.69) is 0 Å². The summed E-state index contributed by atoms with van der Waals surface area (Å²) in [5, 5.41) is 15.3. The predicted octanol–water partition coefficient (Wildman–Crippen LogP) is 1.56. The third-order valence-corrected chi connectivity index (χ3v) is 7.26. The van der Waals surface area contributed by atoms with Gasteiger partial charge in [-0.1, -0.05) is 29.3 Å². The Kier molecular flexibility index (Phi) is 7.07. The van der Waals surface area contributed by atoms with Crippen LogP contribution >= 0.6 is 38.4 Å². The van der Waals surface area contributed by atoms with E-state index in [-0.39, 0.29) is 15.6 Å². The van der Waals surface area contributed by atoms with Crippen molar-refractivity contribution in [3.63, 3.8) is 0 Å². The van der Waals surface area contributed by atoms with Crippen molar-refractivity contribution >= 4 is 50.3 Å². The highest BCUT2D eigenvalue weighted by Crippen LogP contribution is 2.58. The molecule has 26 heavy (non-hydrogen) atoms. The molecule has 0 aliphatic rings. The minimum atomic E-state index is -5.60. The second-order valence-electron chi connectivity index (χ2n) is 5.45. The number of hydrogen-bond acceptors (Lipinski definition) is 4. The first-order chi connectivity index (χ1) is 11.6. The molecule has 0 aromatic heterocycles. The zero-order valence-corrected chi connectivity index (χ0v) is 16.0. The van der Waals surface area contributed by atoms with Crippen molar-refractivity contribution in [3.8, 4) is 0 Å². The predicted molar refractivity (Wildman–Crippen MR) is 90.7 cm³/mol. The van der Waals surface area contributed by atoms with Crippen LogP contribution in [0.5, 0.6) is 0 Å². The van der Waals surface area contributed by atoms with Gasteiger partial charge in [0.25, 0.3) is 0 Å². The van der Waals surface area contributed by atoms with Gasteiger partial charge in [-0.2, -0.15) is 0 Å². The lowest BCUT2D eigenvalue weighted by Gasteiger charge is -2.32. The Labute approximate surface area is 156 Å². The maximum Gasteiger partial charge on any atom is 0.343 e. The van der Waals surface area contributed by atoms with Crippen LogP contribution in [0.4, 0.5) is 0 Å². The molecule has 0 saturated heterocycles. The summed E-state index contributed by atoms with van der Waals surface area (Å²) in [5.41, 5.74) is -2.66. The molecule has 146 valence electrons. The van der Waals surface area contributed by atoms with Gasteiger partial charge in [-0.25, -0.2) is 0 Å². The van der Waals surface area contributed by atoms with Crippen LogP contribution < -0.4 is 0 Å². The Morgan fingerprint density at radius 2 is 1.58 bits per heavy atom. The molecule has 0 bridgehead atoms. The lowest BCUT2D eigenvalue weighted by atomic mass is 9.93. The van der Waals surface area contributed by atoms with Crippen LogP contribution in [0.3, 0.4) is 0 Å². The Morgan fingerprint density at radius 3 is 1.92 bits per heavy atom. The Balaban J connectivity index is 3.55. The fourth-order valence-corrected chi connectivity index (χ4v) is 4.60. The molecule has 0 fully saturated rings. The molecule has 0 heterocycles. The van der Waals surface area contributed by atoms with Crippen LogP contribution in [0.15, 0.2) is 18.2 Å². The summed E-state index contributed by atoms with van der Waals surface area (Å²) in [6.07, 6.45) is -2.44. The Bertz CT molecular complexity index is 816. The van der Waals surface area contributed by atoms with E-state index in [0.717, 1.165) is 6.07 Å². The number of carboxylic acid groups (broad SMARTS) is 2. The molecule has 0 aliphatic heterocycles. The number of rotatable bonds is 8. The van der Waals surface area contributed by atoms with E-state index in [1.807, 2.05) is 0 Å². The summed E-state index contributed by atoms with van der Waals surface area (Å²) < 4.78 is 23.3. The van der Waals surface area contributed by atoms with Crippen LogP contribution in [-0.2, 0) is 25.1 Å². The molecule has 1 aromatic rings. The lowest BCUT2D eigenvalue weighted by Crippen LogP contribution is -2.45. The quantitative estimate of drug-likeness (QED) is 0.316. The average Bonchev–Trinajstić information content (AvgIpc) is 2.43. The van der Waals surface area contributed by atoms with E-state index in [1.165, 1.54) is 12.1 Å². The fraction of sp³-hybridized carbons (Fsp3) is 0.333. The molecule has 0 amide bonds. The van der Waals surface area contributed by atoms with E-state index >= 15 is 0 Å². The van der Waals surface area contributed by atoms with Crippen LogP contribution in [-0.4, -0.2) is 52.5 Å². The largest absolute Gasteiger partial charge is 0.481 e. The van der Waals surface area contributed by atoms with Gasteiger partial charge in [-0.3, -0.25) is 18.7 Å². The molecule has 0 spiro atoms. The first kappa shape index (κ1) is 23.1. The lowest BCUT2D eigenvalue weighted by molar-refractivity contribution is -0.141. The smallest absolute Gasteiger partial charge is 0.343 e.